The van der Waals surface area contributed by atoms with E-state index >= 15 is 0 Å². The molecule has 21 heavy (non-hydrogen) atoms. The van der Waals surface area contributed by atoms with Crippen LogP contribution in [0.5, 0.6) is 0 Å². The van der Waals surface area contributed by atoms with E-state index in [0.717, 1.165) is 11.1 Å². The molecule has 1 aliphatic heterocycles. The molecule has 2 atom stereocenters. The second-order valence-electron chi connectivity index (χ2n) is 5.96. The second kappa shape index (κ2) is 6.26. The fraction of sp³-hybridized carbons (Fsp3) is 0.500. The first-order valence-corrected chi connectivity index (χ1v) is 7.24. The summed E-state index contributed by atoms with van der Waals surface area (Å²) >= 11 is 0. The van der Waals surface area contributed by atoms with Crippen LogP contribution in [0.2, 0.25) is 0 Å². The van der Waals surface area contributed by atoms with Crippen LogP contribution in [-0.4, -0.2) is 34.0 Å². The average Bonchev–Trinajstić information content (AvgIpc) is 2.45. The van der Waals surface area contributed by atoms with Gasteiger partial charge in [0, 0.05) is 25.4 Å². The van der Waals surface area contributed by atoms with Crippen molar-refractivity contribution >= 4 is 11.9 Å². The molecular formula is C16H22N2O3. The number of carbonyl (C=O) groups excluding carboxylic acids is 1. The van der Waals surface area contributed by atoms with Gasteiger partial charge in [0.2, 0.25) is 5.91 Å². The van der Waals surface area contributed by atoms with Gasteiger partial charge in [-0.05, 0) is 17.0 Å². The summed E-state index contributed by atoms with van der Waals surface area (Å²) in [4.78, 5) is 25.3. The molecule has 1 aromatic carbocycles. The smallest absolute Gasteiger partial charge is 0.326 e. The number of nitrogens with zero attached hydrogens (tertiary/aromatic N) is 1. The Kier molecular flexibility index (Phi) is 4.63. The summed E-state index contributed by atoms with van der Waals surface area (Å²) in [5, 5.41) is 9.40. The van der Waals surface area contributed by atoms with Crippen molar-refractivity contribution in [2.75, 3.05) is 0 Å². The lowest BCUT2D eigenvalue weighted by Gasteiger charge is -2.35. The first-order chi connectivity index (χ1) is 9.90. The minimum atomic E-state index is -0.962. The van der Waals surface area contributed by atoms with Gasteiger partial charge in [0.15, 0.2) is 0 Å². The van der Waals surface area contributed by atoms with Crippen LogP contribution in [0.15, 0.2) is 24.3 Å². The van der Waals surface area contributed by atoms with Crippen molar-refractivity contribution in [3.8, 4) is 0 Å². The van der Waals surface area contributed by atoms with E-state index in [2.05, 4.69) is 0 Å². The van der Waals surface area contributed by atoms with Crippen LogP contribution in [-0.2, 0) is 22.6 Å². The molecule has 0 radical (unpaired) electrons. The average molecular weight is 290 g/mol. The Morgan fingerprint density at radius 2 is 1.95 bits per heavy atom. The van der Waals surface area contributed by atoms with Crippen LogP contribution in [0, 0.1) is 5.92 Å². The van der Waals surface area contributed by atoms with Crippen molar-refractivity contribution in [2.45, 2.75) is 45.3 Å². The largest absolute Gasteiger partial charge is 0.480 e. The third-order valence-electron chi connectivity index (χ3n) is 4.12. The highest BCUT2D eigenvalue weighted by atomic mass is 16.4. The number of amides is 1. The van der Waals surface area contributed by atoms with Crippen molar-refractivity contribution in [1.82, 2.24) is 4.90 Å². The van der Waals surface area contributed by atoms with E-state index in [0.29, 0.717) is 13.0 Å². The molecule has 0 saturated carbocycles. The Labute approximate surface area is 124 Å². The van der Waals surface area contributed by atoms with E-state index < -0.39 is 12.0 Å². The molecule has 2 rings (SSSR count). The van der Waals surface area contributed by atoms with Crippen LogP contribution in [0.25, 0.3) is 0 Å². The van der Waals surface area contributed by atoms with Gasteiger partial charge in [0.05, 0.1) is 0 Å². The normalized spacial score (nSPS) is 19.2. The zero-order valence-electron chi connectivity index (χ0n) is 12.5. The molecule has 0 spiro atoms. The summed E-state index contributed by atoms with van der Waals surface area (Å²) in [5.41, 5.74) is 7.96. The van der Waals surface area contributed by atoms with E-state index in [1.165, 1.54) is 4.90 Å². The van der Waals surface area contributed by atoms with Crippen molar-refractivity contribution in [2.24, 2.45) is 11.7 Å². The topological polar surface area (TPSA) is 83.6 Å². The van der Waals surface area contributed by atoms with Crippen molar-refractivity contribution in [1.29, 1.82) is 0 Å². The Bertz CT molecular complexity index is 542. The minimum Gasteiger partial charge on any atom is -0.480 e. The standard InChI is InChI=1S/C16H22N2O3/c1-10(2)13(17)8-15(19)18-9-12-6-4-3-5-11(12)7-14(18)16(20)21/h3-6,10,13-14H,7-9,17H2,1-2H3,(H,20,21)/t13?,14-/m1/s1. The van der Waals surface area contributed by atoms with Crippen molar-refractivity contribution in [3.05, 3.63) is 35.4 Å². The SMILES string of the molecule is CC(C)C(N)CC(=O)N1Cc2ccccc2C[C@@H]1C(=O)O. The van der Waals surface area contributed by atoms with Crippen LogP contribution >= 0.6 is 0 Å². The monoisotopic (exact) mass is 290 g/mol. The number of hydrogen-bond acceptors (Lipinski definition) is 3. The molecule has 5 heteroatoms. The Hall–Kier alpha value is -1.88. The van der Waals surface area contributed by atoms with Gasteiger partial charge in [-0.25, -0.2) is 4.79 Å². The summed E-state index contributed by atoms with van der Waals surface area (Å²) in [7, 11) is 0. The number of hydrogen-bond donors (Lipinski definition) is 2. The predicted octanol–water partition coefficient (Wildman–Crippen LogP) is 1.40. The van der Waals surface area contributed by atoms with E-state index in [1.807, 2.05) is 38.1 Å². The maximum Gasteiger partial charge on any atom is 0.326 e. The number of carbonyl (C=O) groups is 2. The summed E-state index contributed by atoms with van der Waals surface area (Å²) in [5.74, 6) is -0.955. The predicted molar refractivity (Wildman–Crippen MR) is 79.6 cm³/mol. The van der Waals surface area contributed by atoms with E-state index in [9.17, 15) is 14.7 Å². The fourth-order valence-corrected chi connectivity index (χ4v) is 2.56. The van der Waals surface area contributed by atoms with Gasteiger partial charge in [-0.3, -0.25) is 4.79 Å². The molecule has 0 fully saturated rings. The number of rotatable bonds is 4. The highest BCUT2D eigenvalue weighted by Gasteiger charge is 2.34. The Morgan fingerprint density at radius 3 is 2.52 bits per heavy atom. The molecule has 1 unspecified atom stereocenters. The third-order valence-corrected chi connectivity index (χ3v) is 4.12. The van der Waals surface area contributed by atoms with Crippen LogP contribution < -0.4 is 5.73 Å². The van der Waals surface area contributed by atoms with Gasteiger partial charge in [-0.15, -0.1) is 0 Å². The molecule has 1 aliphatic rings. The molecule has 0 saturated heterocycles. The van der Waals surface area contributed by atoms with E-state index in [-0.39, 0.29) is 24.3 Å². The summed E-state index contributed by atoms with van der Waals surface area (Å²) in [6.45, 7) is 4.26. The first-order valence-electron chi connectivity index (χ1n) is 7.24. The zero-order valence-corrected chi connectivity index (χ0v) is 12.5. The number of aliphatic carboxylic acids is 1. The maximum absolute atomic E-state index is 12.4. The van der Waals surface area contributed by atoms with Gasteiger partial charge >= 0.3 is 5.97 Å². The molecule has 5 nitrogen and oxygen atoms in total. The fourth-order valence-electron chi connectivity index (χ4n) is 2.56. The molecule has 1 amide bonds. The quantitative estimate of drug-likeness (QED) is 0.878. The molecule has 0 bridgehead atoms. The first kappa shape index (κ1) is 15.5. The van der Waals surface area contributed by atoms with Gasteiger partial charge < -0.3 is 15.7 Å². The lowest BCUT2D eigenvalue weighted by atomic mass is 9.92. The van der Waals surface area contributed by atoms with Gasteiger partial charge in [-0.2, -0.15) is 0 Å². The van der Waals surface area contributed by atoms with E-state index in [4.69, 9.17) is 5.73 Å². The molecule has 114 valence electrons. The summed E-state index contributed by atoms with van der Waals surface area (Å²) in [6.07, 6.45) is 0.539. The molecule has 1 heterocycles. The molecule has 1 aromatic rings. The summed E-state index contributed by atoms with van der Waals surface area (Å²) in [6, 6.07) is 6.62. The second-order valence-corrected chi connectivity index (χ2v) is 5.96. The number of benzene rings is 1. The number of carboxylic acids is 1. The minimum absolute atomic E-state index is 0.182. The van der Waals surface area contributed by atoms with E-state index in [1.54, 1.807) is 0 Å². The molecule has 0 aromatic heterocycles. The van der Waals surface area contributed by atoms with Gasteiger partial charge in [0.1, 0.15) is 6.04 Å². The zero-order chi connectivity index (χ0) is 15.6. The van der Waals surface area contributed by atoms with Crippen LogP contribution in [0.4, 0.5) is 0 Å². The number of carboxylic acid groups (broad SMARTS) is 1. The number of nitrogens with two attached hydrogens (primary N) is 1. The lowest BCUT2D eigenvalue weighted by molar-refractivity contribution is -0.151. The highest BCUT2D eigenvalue weighted by molar-refractivity contribution is 5.84. The van der Waals surface area contributed by atoms with Gasteiger partial charge in [0.25, 0.3) is 0 Å². The van der Waals surface area contributed by atoms with Crippen LogP contribution in [0.3, 0.4) is 0 Å². The highest BCUT2D eigenvalue weighted by Crippen LogP contribution is 2.24. The lowest BCUT2D eigenvalue weighted by Crippen LogP contribution is -2.50. The molecule has 3 N–H and O–H groups in total. The summed E-state index contributed by atoms with van der Waals surface area (Å²) < 4.78 is 0. The van der Waals surface area contributed by atoms with Gasteiger partial charge in [-0.1, -0.05) is 38.1 Å². The molecule has 0 aliphatic carbocycles. The number of fused-ring (bicyclic) bond motifs is 1. The van der Waals surface area contributed by atoms with Crippen molar-refractivity contribution in [3.63, 3.8) is 0 Å². The van der Waals surface area contributed by atoms with Crippen molar-refractivity contribution < 1.29 is 14.7 Å². The Balaban J connectivity index is 2.20. The van der Waals surface area contributed by atoms with Crippen LogP contribution in [0.1, 0.15) is 31.4 Å². The molecular weight excluding hydrogens is 268 g/mol. The maximum atomic E-state index is 12.4. The third kappa shape index (κ3) is 3.42. The Morgan fingerprint density at radius 1 is 1.33 bits per heavy atom.